The fourth-order valence-corrected chi connectivity index (χ4v) is 4.51. The predicted octanol–water partition coefficient (Wildman–Crippen LogP) is 6.50. The summed E-state index contributed by atoms with van der Waals surface area (Å²) in [5, 5.41) is 4.35. The summed E-state index contributed by atoms with van der Waals surface area (Å²) in [6.07, 6.45) is 3.41. The standard InChI is InChI=1S/C30H25NO3/c1-2-34-30(33)31-19-25(17-23-13-7-11-21-9-3-5-15-27(21)23)29(32)26(20-31)18-24-14-8-12-22-10-4-6-16-28(22)24/h3-18H,2,19-20H2,1H3/b25-17+,26-18+. The molecule has 0 saturated carbocycles. The van der Waals surface area contributed by atoms with Crippen LogP contribution in [0.25, 0.3) is 33.7 Å². The van der Waals surface area contributed by atoms with Crippen LogP contribution >= 0.6 is 0 Å². The molecule has 1 saturated heterocycles. The van der Waals surface area contributed by atoms with Crippen LogP contribution in [0.1, 0.15) is 18.1 Å². The molecule has 0 aromatic heterocycles. The van der Waals surface area contributed by atoms with Gasteiger partial charge in [0.1, 0.15) is 0 Å². The first-order chi connectivity index (χ1) is 16.6. The minimum Gasteiger partial charge on any atom is -0.450 e. The number of fused-ring (bicyclic) bond motifs is 2. The molecule has 1 amide bonds. The Labute approximate surface area is 198 Å². The summed E-state index contributed by atoms with van der Waals surface area (Å²) in [6, 6.07) is 28.2. The van der Waals surface area contributed by atoms with E-state index in [1.54, 1.807) is 11.8 Å². The Kier molecular flexibility index (Phi) is 5.96. The normalized spacial score (nSPS) is 16.5. The monoisotopic (exact) mass is 447 g/mol. The second-order valence-electron chi connectivity index (χ2n) is 8.36. The van der Waals surface area contributed by atoms with Crippen LogP contribution < -0.4 is 0 Å². The quantitative estimate of drug-likeness (QED) is 0.337. The highest BCUT2D eigenvalue weighted by Crippen LogP contribution is 2.28. The Bertz CT molecular complexity index is 1350. The molecule has 34 heavy (non-hydrogen) atoms. The number of rotatable bonds is 3. The van der Waals surface area contributed by atoms with Crippen LogP contribution in [0.15, 0.2) is 96.1 Å². The van der Waals surface area contributed by atoms with Gasteiger partial charge >= 0.3 is 6.09 Å². The number of carbonyl (C=O) groups excluding carboxylic acids is 2. The Morgan fingerprint density at radius 2 is 1.24 bits per heavy atom. The number of carbonyl (C=O) groups is 2. The van der Waals surface area contributed by atoms with E-state index in [1.807, 2.05) is 72.8 Å². The van der Waals surface area contributed by atoms with E-state index in [0.717, 1.165) is 32.7 Å². The van der Waals surface area contributed by atoms with E-state index < -0.39 is 6.09 Å². The van der Waals surface area contributed by atoms with Crippen LogP contribution in [0.4, 0.5) is 4.79 Å². The van der Waals surface area contributed by atoms with Gasteiger partial charge in [-0.1, -0.05) is 84.9 Å². The first-order valence-corrected chi connectivity index (χ1v) is 11.5. The van der Waals surface area contributed by atoms with E-state index in [9.17, 15) is 9.59 Å². The molecule has 0 unspecified atom stereocenters. The first-order valence-electron chi connectivity index (χ1n) is 11.5. The number of piperidine rings is 1. The summed E-state index contributed by atoms with van der Waals surface area (Å²) in [7, 11) is 0. The molecule has 0 spiro atoms. The number of benzene rings is 4. The van der Waals surface area contributed by atoms with Crippen LogP contribution in [-0.2, 0) is 9.53 Å². The zero-order chi connectivity index (χ0) is 23.5. The second-order valence-corrected chi connectivity index (χ2v) is 8.36. The maximum absolute atomic E-state index is 13.6. The predicted molar refractivity (Wildman–Crippen MR) is 137 cm³/mol. The van der Waals surface area contributed by atoms with Gasteiger partial charge in [0.25, 0.3) is 0 Å². The number of likely N-dealkylation sites (tertiary alicyclic amines) is 1. The van der Waals surface area contributed by atoms with Gasteiger partial charge in [0.15, 0.2) is 5.78 Å². The van der Waals surface area contributed by atoms with Gasteiger partial charge in [-0.3, -0.25) is 9.69 Å². The van der Waals surface area contributed by atoms with Crippen LogP contribution in [0.2, 0.25) is 0 Å². The van der Waals surface area contributed by atoms with Crippen molar-refractivity contribution in [3.63, 3.8) is 0 Å². The zero-order valence-electron chi connectivity index (χ0n) is 19.0. The van der Waals surface area contributed by atoms with Gasteiger partial charge in [0.2, 0.25) is 0 Å². The second kappa shape index (κ2) is 9.36. The third kappa shape index (κ3) is 4.23. The molecule has 1 aliphatic heterocycles. The van der Waals surface area contributed by atoms with Crippen molar-refractivity contribution in [3.05, 3.63) is 107 Å². The highest BCUT2D eigenvalue weighted by Gasteiger charge is 2.30. The molecule has 1 fully saturated rings. The fourth-order valence-electron chi connectivity index (χ4n) is 4.51. The van der Waals surface area contributed by atoms with E-state index in [0.29, 0.717) is 11.1 Å². The first kappa shape index (κ1) is 21.7. The van der Waals surface area contributed by atoms with Crippen molar-refractivity contribution in [1.29, 1.82) is 0 Å². The van der Waals surface area contributed by atoms with Gasteiger partial charge in [-0.25, -0.2) is 4.79 Å². The number of hydrogen-bond acceptors (Lipinski definition) is 3. The molecule has 0 aliphatic carbocycles. The molecule has 0 N–H and O–H groups in total. The molecule has 1 aliphatic rings. The summed E-state index contributed by atoms with van der Waals surface area (Å²) in [5.74, 6) is -0.0404. The minimum atomic E-state index is -0.414. The van der Waals surface area contributed by atoms with Crippen molar-refractivity contribution >= 4 is 45.6 Å². The maximum atomic E-state index is 13.6. The van der Waals surface area contributed by atoms with E-state index in [1.165, 1.54) is 0 Å². The number of Topliss-reactive ketones (excluding diaryl/α,β-unsaturated/α-hetero) is 1. The van der Waals surface area contributed by atoms with Crippen LogP contribution in [-0.4, -0.2) is 36.5 Å². The number of ether oxygens (including phenoxy) is 1. The summed E-state index contributed by atoms with van der Waals surface area (Å²) >= 11 is 0. The Morgan fingerprint density at radius 3 is 1.74 bits per heavy atom. The topological polar surface area (TPSA) is 46.6 Å². The molecule has 4 heteroatoms. The third-order valence-electron chi connectivity index (χ3n) is 6.14. The van der Waals surface area contributed by atoms with Gasteiger partial charge in [-0.05, 0) is 51.7 Å². The number of nitrogens with zero attached hydrogens (tertiary/aromatic N) is 1. The van der Waals surface area contributed by atoms with Crippen molar-refractivity contribution in [1.82, 2.24) is 4.90 Å². The lowest BCUT2D eigenvalue weighted by Crippen LogP contribution is -2.41. The van der Waals surface area contributed by atoms with Gasteiger partial charge in [-0.15, -0.1) is 0 Å². The summed E-state index contributed by atoms with van der Waals surface area (Å²) in [6.45, 7) is 2.50. The summed E-state index contributed by atoms with van der Waals surface area (Å²) in [4.78, 5) is 27.9. The Morgan fingerprint density at radius 1 is 0.765 bits per heavy atom. The van der Waals surface area contributed by atoms with Gasteiger partial charge in [0.05, 0.1) is 19.7 Å². The lowest BCUT2D eigenvalue weighted by molar-refractivity contribution is -0.113. The van der Waals surface area contributed by atoms with E-state index >= 15 is 0 Å². The van der Waals surface area contributed by atoms with Gasteiger partial charge in [0, 0.05) is 11.1 Å². The molecule has 168 valence electrons. The average molecular weight is 448 g/mol. The molecule has 1 heterocycles. The fraction of sp³-hybridized carbons (Fsp3) is 0.133. The van der Waals surface area contributed by atoms with Crippen molar-refractivity contribution in [2.45, 2.75) is 6.92 Å². The van der Waals surface area contributed by atoms with Crippen molar-refractivity contribution in [2.24, 2.45) is 0 Å². The smallest absolute Gasteiger partial charge is 0.410 e. The van der Waals surface area contributed by atoms with Crippen LogP contribution in [0.5, 0.6) is 0 Å². The summed E-state index contributed by atoms with van der Waals surface area (Å²) in [5.41, 5.74) is 3.05. The SMILES string of the molecule is CCOC(=O)N1C/C(=C\c2cccc3ccccc23)C(=O)/C(=C/c2cccc3ccccc23)C1. The highest BCUT2D eigenvalue weighted by atomic mass is 16.6. The molecule has 4 nitrogen and oxygen atoms in total. The largest absolute Gasteiger partial charge is 0.450 e. The van der Waals surface area contributed by atoms with Crippen molar-refractivity contribution in [3.8, 4) is 0 Å². The average Bonchev–Trinajstić information content (AvgIpc) is 2.87. The number of hydrogen-bond donors (Lipinski definition) is 0. The molecular weight excluding hydrogens is 422 g/mol. The third-order valence-corrected chi connectivity index (χ3v) is 6.14. The maximum Gasteiger partial charge on any atom is 0.410 e. The van der Waals surface area contributed by atoms with Crippen LogP contribution in [0, 0.1) is 0 Å². The van der Waals surface area contributed by atoms with E-state index in [-0.39, 0.29) is 25.5 Å². The molecule has 0 radical (unpaired) electrons. The van der Waals surface area contributed by atoms with Gasteiger partial charge in [-0.2, -0.15) is 0 Å². The van der Waals surface area contributed by atoms with E-state index in [2.05, 4.69) is 24.3 Å². The molecule has 4 aromatic rings. The van der Waals surface area contributed by atoms with Gasteiger partial charge < -0.3 is 4.74 Å². The highest BCUT2D eigenvalue weighted by molar-refractivity contribution is 6.16. The number of amides is 1. The lowest BCUT2D eigenvalue weighted by Gasteiger charge is -2.29. The molecule has 0 bridgehead atoms. The van der Waals surface area contributed by atoms with Crippen LogP contribution in [0.3, 0.4) is 0 Å². The Hall–Kier alpha value is -4.18. The van der Waals surface area contributed by atoms with E-state index in [4.69, 9.17) is 4.74 Å². The summed E-state index contributed by atoms with van der Waals surface area (Å²) < 4.78 is 5.28. The number of ketones is 1. The Balaban J connectivity index is 1.61. The zero-order valence-corrected chi connectivity index (χ0v) is 19.0. The van der Waals surface area contributed by atoms with Crippen molar-refractivity contribution < 1.29 is 14.3 Å². The molecule has 5 rings (SSSR count). The molecular formula is C30H25NO3. The van der Waals surface area contributed by atoms with Crippen molar-refractivity contribution in [2.75, 3.05) is 19.7 Å². The molecule has 4 aromatic carbocycles. The lowest BCUT2D eigenvalue weighted by atomic mass is 9.92. The minimum absolute atomic E-state index is 0.0404. The molecule has 0 atom stereocenters.